The van der Waals surface area contributed by atoms with Crippen LogP contribution in [0.4, 0.5) is 11.5 Å². The second kappa shape index (κ2) is 7.51. The van der Waals surface area contributed by atoms with Crippen molar-refractivity contribution in [3.8, 4) is 0 Å². The summed E-state index contributed by atoms with van der Waals surface area (Å²) in [6, 6.07) is 1.19. The molecule has 0 aliphatic carbocycles. The van der Waals surface area contributed by atoms with Gasteiger partial charge in [-0.2, -0.15) is 5.10 Å². The molecule has 0 atom stereocenters. The smallest absolute Gasteiger partial charge is 0.183 e. The largest absolute Gasteiger partial charge is 0.396 e. The number of nitrogens with zero attached hydrogens (tertiary/aromatic N) is 6. The van der Waals surface area contributed by atoms with Crippen molar-refractivity contribution in [3.05, 3.63) is 30.2 Å². The van der Waals surface area contributed by atoms with Crippen LogP contribution in [0.25, 0.3) is 5.65 Å². The standard InChI is InChI=1S/C16H21N9O2/c1-24(2)13-3-4-25-16(22-13)12(6-19-25)21-15-11(18)5-10(17)14(23-15)20-9(7-26)8-27/h3-6,9,17,26-27H,7-8,18H2,1-2H3,(H,20,21,23). The van der Waals surface area contributed by atoms with E-state index in [2.05, 4.69) is 25.4 Å². The molecule has 2 aromatic rings. The lowest BCUT2D eigenvalue weighted by molar-refractivity contribution is 0.184. The summed E-state index contributed by atoms with van der Waals surface area (Å²) in [5, 5.41) is 33.4. The van der Waals surface area contributed by atoms with Crippen LogP contribution in [0.3, 0.4) is 0 Å². The molecule has 6 N–H and O–H groups in total. The van der Waals surface area contributed by atoms with Gasteiger partial charge in [0, 0.05) is 20.3 Å². The summed E-state index contributed by atoms with van der Waals surface area (Å²) in [6.45, 7) is -0.612. The van der Waals surface area contributed by atoms with Crippen molar-refractivity contribution in [1.29, 1.82) is 5.41 Å². The third-order valence-corrected chi connectivity index (χ3v) is 3.83. The summed E-state index contributed by atoms with van der Waals surface area (Å²) in [6.07, 6.45) is 4.74. The van der Waals surface area contributed by atoms with Crippen LogP contribution in [0.5, 0.6) is 0 Å². The van der Waals surface area contributed by atoms with Crippen LogP contribution in [0.2, 0.25) is 0 Å². The van der Waals surface area contributed by atoms with E-state index >= 15 is 0 Å². The van der Waals surface area contributed by atoms with Crippen molar-refractivity contribution in [2.24, 2.45) is 15.7 Å². The summed E-state index contributed by atoms with van der Waals surface area (Å²) in [5.74, 6) is 1.10. The van der Waals surface area contributed by atoms with E-state index in [-0.39, 0.29) is 36.3 Å². The number of dihydropyridines is 1. The normalized spacial score (nSPS) is 16.0. The van der Waals surface area contributed by atoms with Gasteiger partial charge in [0.2, 0.25) is 0 Å². The molecule has 0 fully saturated rings. The van der Waals surface area contributed by atoms with Crippen LogP contribution in [0.15, 0.2) is 40.2 Å². The Balaban J connectivity index is 2.00. The number of nitrogens with one attached hydrogen (secondary N) is 2. The number of aliphatic imine (C=N–C) groups is 2. The van der Waals surface area contributed by atoms with Crippen molar-refractivity contribution in [2.75, 3.05) is 32.2 Å². The molecule has 0 saturated carbocycles. The van der Waals surface area contributed by atoms with Gasteiger partial charge < -0.3 is 26.2 Å². The maximum absolute atomic E-state index is 9.22. The zero-order valence-corrected chi connectivity index (χ0v) is 15.0. The van der Waals surface area contributed by atoms with E-state index in [0.717, 1.165) is 5.82 Å². The first-order chi connectivity index (χ1) is 12.9. The molecule has 0 bridgehead atoms. The van der Waals surface area contributed by atoms with Crippen LogP contribution in [0, 0.1) is 5.41 Å². The molecule has 0 amide bonds. The molecule has 1 aliphatic heterocycles. The highest BCUT2D eigenvalue weighted by Gasteiger charge is 2.19. The van der Waals surface area contributed by atoms with Crippen molar-refractivity contribution in [2.45, 2.75) is 6.04 Å². The first-order valence-corrected chi connectivity index (χ1v) is 8.16. The average Bonchev–Trinajstić information content (AvgIpc) is 3.05. The van der Waals surface area contributed by atoms with Crippen LogP contribution >= 0.6 is 0 Å². The Kier molecular flexibility index (Phi) is 5.14. The number of anilines is 1. The van der Waals surface area contributed by atoms with Gasteiger partial charge in [-0.15, -0.1) is 0 Å². The van der Waals surface area contributed by atoms with E-state index < -0.39 is 6.04 Å². The van der Waals surface area contributed by atoms with Gasteiger partial charge in [-0.1, -0.05) is 0 Å². The molecule has 2 aromatic heterocycles. The van der Waals surface area contributed by atoms with Gasteiger partial charge in [0.15, 0.2) is 17.3 Å². The Morgan fingerprint density at radius 3 is 2.78 bits per heavy atom. The van der Waals surface area contributed by atoms with E-state index in [9.17, 15) is 10.2 Å². The van der Waals surface area contributed by atoms with Gasteiger partial charge in [0.05, 0.1) is 36.9 Å². The molecular formula is C16H21N9O2. The zero-order valence-electron chi connectivity index (χ0n) is 15.0. The number of aromatic nitrogens is 3. The lowest BCUT2D eigenvalue weighted by atomic mass is 10.2. The van der Waals surface area contributed by atoms with Crippen molar-refractivity contribution in [1.82, 2.24) is 19.9 Å². The molecule has 27 heavy (non-hydrogen) atoms. The molecule has 0 spiro atoms. The topological polar surface area (TPSA) is 161 Å². The minimum absolute atomic E-state index is 0.0335. The van der Waals surface area contributed by atoms with Gasteiger partial charge in [-0.3, -0.25) is 5.41 Å². The highest BCUT2D eigenvalue weighted by molar-refractivity contribution is 6.48. The van der Waals surface area contributed by atoms with Crippen molar-refractivity contribution in [3.63, 3.8) is 0 Å². The summed E-state index contributed by atoms with van der Waals surface area (Å²) in [5.41, 5.74) is 7.23. The van der Waals surface area contributed by atoms with Gasteiger partial charge in [0.1, 0.15) is 11.5 Å². The highest BCUT2D eigenvalue weighted by Crippen LogP contribution is 2.22. The number of aliphatic hydroxyl groups is 2. The fourth-order valence-electron chi connectivity index (χ4n) is 2.35. The third kappa shape index (κ3) is 3.78. The van der Waals surface area contributed by atoms with E-state index in [1.165, 1.54) is 6.08 Å². The summed E-state index contributed by atoms with van der Waals surface area (Å²) >= 11 is 0. The quantitative estimate of drug-likeness (QED) is 0.452. The second-order valence-electron chi connectivity index (χ2n) is 6.09. The number of fused-ring (bicyclic) bond motifs is 1. The van der Waals surface area contributed by atoms with E-state index in [1.807, 2.05) is 25.1 Å². The molecule has 0 unspecified atom stereocenters. The molecule has 11 nitrogen and oxygen atoms in total. The van der Waals surface area contributed by atoms with E-state index in [0.29, 0.717) is 11.3 Å². The molecule has 11 heteroatoms. The number of amidine groups is 2. The third-order valence-electron chi connectivity index (χ3n) is 3.83. The number of aliphatic hydroxyl groups excluding tert-OH is 2. The molecular weight excluding hydrogens is 350 g/mol. The Hall–Kier alpha value is -3.31. The molecule has 0 saturated heterocycles. The molecule has 3 rings (SSSR count). The lowest BCUT2D eigenvalue weighted by Crippen LogP contribution is -2.45. The first-order valence-electron chi connectivity index (χ1n) is 8.16. The Labute approximate surface area is 155 Å². The molecule has 0 radical (unpaired) electrons. The number of nitrogens with two attached hydrogens (primary N) is 1. The number of hydrogen-bond acceptors (Lipinski definition) is 9. The number of hydrogen-bond donors (Lipinski definition) is 5. The van der Waals surface area contributed by atoms with Crippen molar-refractivity contribution < 1.29 is 10.2 Å². The maximum Gasteiger partial charge on any atom is 0.183 e. The van der Waals surface area contributed by atoms with Gasteiger partial charge in [0.25, 0.3) is 0 Å². The molecule has 0 aromatic carbocycles. The van der Waals surface area contributed by atoms with Gasteiger partial charge >= 0.3 is 0 Å². The van der Waals surface area contributed by atoms with Crippen LogP contribution in [-0.2, 0) is 0 Å². The van der Waals surface area contributed by atoms with Crippen LogP contribution < -0.4 is 16.0 Å². The fourth-order valence-corrected chi connectivity index (χ4v) is 2.35. The predicted molar refractivity (Wildman–Crippen MR) is 103 cm³/mol. The zero-order chi connectivity index (χ0) is 19.6. The molecule has 142 valence electrons. The molecule has 3 heterocycles. The SMILES string of the molecule is CN(C)c1ccn2ncc(/N=C3\N=C(NC(CO)CO)C(=N)C=C3N)c2n1. The summed E-state index contributed by atoms with van der Waals surface area (Å²) < 4.78 is 1.59. The first kappa shape index (κ1) is 18.5. The van der Waals surface area contributed by atoms with Crippen LogP contribution in [-0.4, -0.2) is 75.5 Å². The van der Waals surface area contributed by atoms with Crippen LogP contribution in [0.1, 0.15) is 0 Å². The maximum atomic E-state index is 9.22. The fraction of sp³-hybridized carbons (Fsp3) is 0.312. The second-order valence-corrected chi connectivity index (χ2v) is 6.09. The van der Waals surface area contributed by atoms with E-state index in [1.54, 1.807) is 16.9 Å². The average molecular weight is 371 g/mol. The van der Waals surface area contributed by atoms with Crippen molar-refractivity contribution >= 4 is 34.5 Å². The van der Waals surface area contributed by atoms with Gasteiger partial charge in [-0.25, -0.2) is 19.5 Å². The number of rotatable bonds is 5. The summed E-state index contributed by atoms with van der Waals surface area (Å²) in [4.78, 5) is 15.1. The van der Waals surface area contributed by atoms with E-state index in [4.69, 9.17) is 11.1 Å². The minimum Gasteiger partial charge on any atom is -0.396 e. The highest BCUT2D eigenvalue weighted by atomic mass is 16.3. The minimum atomic E-state index is -0.639. The Bertz CT molecular complexity index is 954. The molecule has 1 aliphatic rings. The Morgan fingerprint density at radius 2 is 2.11 bits per heavy atom. The predicted octanol–water partition coefficient (Wildman–Crippen LogP) is -0.957. The van der Waals surface area contributed by atoms with Gasteiger partial charge in [-0.05, 0) is 12.1 Å². The lowest BCUT2D eigenvalue weighted by Gasteiger charge is -2.19. The summed E-state index contributed by atoms with van der Waals surface area (Å²) in [7, 11) is 3.77. The monoisotopic (exact) mass is 371 g/mol. The Morgan fingerprint density at radius 1 is 1.37 bits per heavy atom.